The second-order valence-corrected chi connectivity index (χ2v) is 14.3. The fourth-order valence-corrected chi connectivity index (χ4v) is 7.97. The van der Waals surface area contributed by atoms with E-state index in [2.05, 4.69) is 206 Å². The van der Waals surface area contributed by atoms with Crippen molar-refractivity contribution in [3.8, 4) is 44.5 Å². The van der Waals surface area contributed by atoms with E-state index < -0.39 is 0 Å². The third kappa shape index (κ3) is 7.03. The molecule has 0 unspecified atom stereocenters. The van der Waals surface area contributed by atoms with Gasteiger partial charge >= 0.3 is 0 Å². The molecule has 0 spiro atoms. The van der Waals surface area contributed by atoms with Gasteiger partial charge in [0.05, 0.1) is 0 Å². The maximum atomic E-state index is 2.40. The monoisotopic (exact) mass is 702 g/mol. The second kappa shape index (κ2) is 14.9. The van der Waals surface area contributed by atoms with E-state index in [1.54, 1.807) is 0 Å². The largest absolute Gasteiger partial charge is 0.0683 e. The minimum Gasteiger partial charge on any atom is -0.0683 e. The molecule has 0 aromatic heterocycles. The summed E-state index contributed by atoms with van der Waals surface area (Å²) in [5, 5.41) is 10.1. The minimum absolute atomic E-state index is 0.810. The molecule has 262 valence electrons. The topological polar surface area (TPSA) is 0 Å². The van der Waals surface area contributed by atoms with Gasteiger partial charge in [0.15, 0.2) is 0 Å². The van der Waals surface area contributed by atoms with E-state index in [9.17, 15) is 0 Å². The average molecular weight is 703 g/mol. The van der Waals surface area contributed by atoms with Crippen LogP contribution in [0.15, 0.2) is 206 Å². The molecule has 0 aliphatic rings. The van der Waals surface area contributed by atoms with Crippen LogP contribution in [0, 0.1) is 0 Å². The number of fused-ring (bicyclic) bond motifs is 4. The zero-order valence-electron chi connectivity index (χ0n) is 31.3. The highest BCUT2D eigenvalue weighted by molar-refractivity contribution is 5.92. The Morgan fingerprint density at radius 2 is 0.455 bits per heavy atom. The number of hydrogen-bond acceptors (Lipinski definition) is 0. The van der Waals surface area contributed by atoms with Gasteiger partial charge < -0.3 is 0 Å². The first-order valence-corrected chi connectivity index (χ1v) is 19.4. The summed E-state index contributed by atoms with van der Waals surface area (Å²) in [6, 6.07) is 76.2. The SMILES string of the molecule is CC.c1ccc2cc(-c3cc(Cc4cc(-c5ccc6ccccc6c5)cc(-c5ccc6ccccc6c5)c4)cc(-c4ccc5ccccc5c4)c3)ccc2c1. The van der Waals surface area contributed by atoms with Crippen molar-refractivity contribution < 1.29 is 0 Å². The highest BCUT2D eigenvalue weighted by atomic mass is 14.2. The van der Waals surface area contributed by atoms with E-state index in [0.29, 0.717) is 0 Å². The number of hydrogen-bond donors (Lipinski definition) is 0. The summed E-state index contributed by atoms with van der Waals surface area (Å²) in [6.07, 6.45) is 0.810. The molecule has 0 nitrogen and oxygen atoms in total. The van der Waals surface area contributed by atoms with Crippen molar-refractivity contribution in [1.82, 2.24) is 0 Å². The molecule has 0 heterocycles. The third-order valence-electron chi connectivity index (χ3n) is 10.7. The quantitative estimate of drug-likeness (QED) is 0.162. The molecule has 0 atom stereocenters. The van der Waals surface area contributed by atoms with Gasteiger partial charge in [-0.3, -0.25) is 0 Å². The van der Waals surface area contributed by atoms with Gasteiger partial charge in [-0.05, 0) is 142 Å². The Kier molecular flexibility index (Phi) is 9.24. The summed E-state index contributed by atoms with van der Waals surface area (Å²) in [5.74, 6) is 0. The van der Waals surface area contributed by atoms with Crippen LogP contribution >= 0.6 is 0 Å². The summed E-state index contributed by atoms with van der Waals surface area (Å²) in [4.78, 5) is 0. The summed E-state index contributed by atoms with van der Waals surface area (Å²) in [5.41, 5.74) is 12.4. The van der Waals surface area contributed by atoms with Gasteiger partial charge in [-0.25, -0.2) is 0 Å². The Morgan fingerprint density at radius 1 is 0.218 bits per heavy atom. The molecule has 55 heavy (non-hydrogen) atoms. The van der Waals surface area contributed by atoms with Gasteiger partial charge in [0.25, 0.3) is 0 Å². The van der Waals surface area contributed by atoms with Crippen LogP contribution < -0.4 is 0 Å². The molecule has 0 aliphatic heterocycles. The smallest absolute Gasteiger partial charge is 0.00249 e. The van der Waals surface area contributed by atoms with Crippen LogP contribution in [0.25, 0.3) is 87.6 Å². The van der Waals surface area contributed by atoms with Crippen LogP contribution in [0.2, 0.25) is 0 Å². The first-order valence-electron chi connectivity index (χ1n) is 19.4. The van der Waals surface area contributed by atoms with E-state index in [1.807, 2.05) is 13.8 Å². The normalized spacial score (nSPS) is 11.2. The first kappa shape index (κ1) is 34.0. The lowest BCUT2D eigenvalue weighted by molar-refractivity contribution is 1.20. The van der Waals surface area contributed by atoms with Gasteiger partial charge in [0.1, 0.15) is 0 Å². The molecule has 0 N–H and O–H groups in total. The maximum Gasteiger partial charge on any atom is -0.00249 e. The summed E-state index contributed by atoms with van der Waals surface area (Å²) in [6.45, 7) is 4.00. The molecule has 0 radical (unpaired) electrons. The fourth-order valence-electron chi connectivity index (χ4n) is 7.97. The van der Waals surface area contributed by atoms with E-state index in [4.69, 9.17) is 0 Å². The van der Waals surface area contributed by atoms with Crippen molar-refractivity contribution >= 4 is 43.1 Å². The molecular formula is C55H42. The number of benzene rings is 10. The molecule has 10 aromatic carbocycles. The zero-order valence-corrected chi connectivity index (χ0v) is 31.3. The molecule has 0 bridgehead atoms. The molecular weight excluding hydrogens is 661 g/mol. The van der Waals surface area contributed by atoms with Crippen LogP contribution in [0.5, 0.6) is 0 Å². The van der Waals surface area contributed by atoms with E-state index in [-0.39, 0.29) is 0 Å². The first-order chi connectivity index (χ1) is 27.2. The molecule has 0 aliphatic carbocycles. The van der Waals surface area contributed by atoms with Gasteiger partial charge in [-0.15, -0.1) is 0 Å². The second-order valence-electron chi connectivity index (χ2n) is 14.3. The summed E-state index contributed by atoms with van der Waals surface area (Å²) in [7, 11) is 0. The Hall–Kier alpha value is -6.76. The van der Waals surface area contributed by atoms with Crippen LogP contribution in [0.4, 0.5) is 0 Å². The Morgan fingerprint density at radius 3 is 0.709 bits per heavy atom. The van der Waals surface area contributed by atoms with Crippen molar-refractivity contribution in [3.05, 3.63) is 217 Å². The van der Waals surface area contributed by atoms with Gasteiger partial charge in [-0.2, -0.15) is 0 Å². The van der Waals surface area contributed by atoms with E-state index in [0.717, 1.165) is 6.42 Å². The van der Waals surface area contributed by atoms with Crippen LogP contribution in [0.3, 0.4) is 0 Å². The Labute approximate surface area is 324 Å². The molecule has 0 heteroatoms. The maximum absolute atomic E-state index is 2.40. The van der Waals surface area contributed by atoms with Crippen molar-refractivity contribution in [3.63, 3.8) is 0 Å². The van der Waals surface area contributed by atoms with Gasteiger partial charge in [0, 0.05) is 0 Å². The highest BCUT2D eigenvalue weighted by Gasteiger charge is 2.12. The molecule has 10 rings (SSSR count). The van der Waals surface area contributed by atoms with Crippen LogP contribution in [-0.2, 0) is 6.42 Å². The summed E-state index contributed by atoms with van der Waals surface area (Å²) >= 11 is 0. The molecule has 0 saturated heterocycles. The number of rotatable bonds is 6. The Balaban J connectivity index is 0.00000195. The van der Waals surface area contributed by atoms with Crippen molar-refractivity contribution in [1.29, 1.82) is 0 Å². The van der Waals surface area contributed by atoms with Gasteiger partial charge in [-0.1, -0.05) is 184 Å². The minimum atomic E-state index is 0.810. The van der Waals surface area contributed by atoms with E-state index in [1.165, 1.54) is 98.7 Å². The molecule has 0 fully saturated rings. The predicted molar refractivity (Wildman–Crippen MR) is 239 cm³/mol. The lowest BCUT2D eigenvalue weighted by atomic mass is 9.89. The third-order valence-corrected chi connectivity index (χ3v) is 10.7. The van der Waals surface area contributed by atoms with Crippen LogP contribution in [0.1, 0.15) is 25.0 Å². The predicted octanol–water partition coefficient (Wildman–Crippen LogP) is 15.6. The molecule has 0 amide bonds. The zero-order chi connectivity index (χ0) is 37.1. The van der Waals surface area contributed by atoms with E-state index >= 15 is 0 Å². The lowest BCUT2D eigenvalue weighted by Crippen LogP contribution is -1.94. The van der Waals surface area contributed by atoms with Crippen molar-refractivity contribution in [2.75, 3.05) is 0 Å². The Bertz CT molecular complexity index is 2580. The average Bonchev–Trinajstić information content (AvgIpc) is 3.26. The van der Waals surface area contributed by atoms with Gasteiger partial charge in [0.2, 0.25) is 0 Å². The molecule has 0 saturated carbocycles. The highest BCUT2D eigenvalue weighted by Crippen LogP contribution is 2.36. The van der Waals surface area contributed by atoms with Crippen LogP contribution in [-0.4, -0.2) is 0 Å². The molecule has 10 aromatic rings. The standard InChI is InChI=1S/C53H36.C2H6/c1-5-13-42-30-46(21-17-38(42)9-1)50-26-36(27-51(34-50)47-22-18-39-10-2-6-14-43(39)31-47)25-37-28-52(48-23-19-40-11-3-7-15-44(40)32-48)35-53(29-37)49-24-20-41-12-4-8-16-45(41)33-49;1-2/h1-24,26-35H,25H2;1-2H3. The lowest BCUT2D eigenvalue weighted by Gasteiger charge is -2.15. The fraction of sp³-hybridized carbons (Fsp3) is 0.0545. The summed E-state index contributed by atoms with van der Waals surface area (Å²) < 4.78 is 0. The van der Waals surface area contributed by atoms with Crippen molar-refractivity contribution in [2.45, 2.75) is 20.3 Å². The van der Waals surface area contributed by atoms with Crippen molar-refractivity contribution in [2.24, 2.45) is 0 Å².